The summed E-state index contributed by atoms with van der Waals surface area (Å²) in [6, 6.07) is 3.72. The van der Waals surface area contributed by atoms with Crippen LogP contribution in [-0.2, 0) is 6.54 Å². The first-order chi connectivity index (χ1) is 11.2. The smallest absolute Gasteiger partial charge is 0.225 e. The van der Waals surface area contributed by atoms with Crippen molar-refractivity contribution in [1.29, 1.82) is 0 Å². The highest BCUT2D eigenvalue weighted by Crippen LogP contribution is 2.16. The minimum Gasteiger partial charge on any atom is -0.494 e. The highest BCUT2D eigenvalue weighted by molar-refractivity contribution is 5.32. The third-order valence-corrected chi connectivity index (χ3v) is 3.91. The first-order valence-electron chi connectivity index (χ1n) is 7.43. The highest BCUT2D eigenvalue weighted by atomic mass is 19.1. The van der Waals surface area contributed by atoms with Crippen molar-refractivity contribution in [3.8, 4) is 5.75 Å². The van der Waals surface area contributed by atoms with E-state index < -0.39 is 11.6 Å². The van der Waals surface area contributed by atoms with Gasteiger partial charge in [-0.2, -0.15) is 0 Å². The number of ether oxygens (including phenoxy) is 1. The monoisotopic (exact) mass is 320 g/mol. The molecule has 0 radical (unpaired) electrons. The van der Waals surface area contributed by atoms with Gasteiger partial charge in [0.2, 0.25) is 5.95 Å². The average Bonchev–Trinajstić information content (AvgIpc) is 2.58. The predicted octanol–water partition coefficient (Wildman–Crippen LogP) is 2.09. The summed E-state index contributed by atoms with van der Waals surface area (Å²) >= 11 is 0. The van der Waals surface area contributed by atoms with E-state index in [0.29, 0.717) is 23.8 Å². The lowest BCUT2D eigenvalue weighted by molar-refractivity contribution is 0.245. The van der Waals surface area contributed by atoms with Crippen LogP contribution in [0.1, 0.15) is 5.56 Å². The molecule has 1 aliphatic rings. The summed E-state index contributed by atoms with van der Waals surface area (Å²) in [7, 11) is 1.58. The standard InChI is InChI=1S/C16H18F2N4O/c1-23-14-9-19-16(20-10-14)22-6-4-21(5-7-22)11-12-2-3-13(17)8-15(12)18/h2-3,8-10H,4-7,11H2,1H3. The Hall–Kier alpha value is -2.28. The van der Waals surface area contributed by atoms with E-state index in [9.17, 15) is 8.78 Å². The molecule has 1 saturated heterocycles. The molecule has 0 atom stereocenters. The number of aromatic nitrogens is 2. The fourth-order valence-electron chi connectivity index (χ4n) is 2.57. The summed E-state index contributed by atoms with van der Waals surface area (Å²) in [5, 5.41) is 0. The summed E-state index contributed by atoms with van der Waals surface area (Å²) in [6.07, 6.45) is 3.28. The van der Waals surface area contributed by atoms with E-state index in [2.05, 4.69) is 19.8 Å². The Morgan fingerprint density at radius 1 is 1.09 bits per heavy atom. The molecule has 0 saturated carbocycles. The van der Waals surface area contributed by atoms with Crippen molar-refractivity contribution in [2.45, 2.75) is 6.54 Å². The van der Waals surface area contributed by atoms with Crippen molar-refractivity contribution in [3.63, 3.8) is 0 Å². The van der Waals surface area contributed by atoms with Crippen LogP contribution in [0.25, 0.3) is 0 Å². The molecule has 2 aromatic rings. The molecule has 7 heteroatoms. The summed E-state index contributed by atoms with van der Waals surface area (Å²) in [5.41, 5.74) is 0.514. The van der Waals surface area contributed by atoms with Gasteiger partial charge in [-0.05, 0) is 6.07 Å². The molecule has 0 N–H and O–H groups in total. The van der Waals surface area contributed by atoms with Gasteiger partial charge in [0, 0.05) is 44.4 Å². The highest BCUT2D eigenvalue weighted by Gasteiger charge is 2.20. The van der Waals surface area contributed by atoms with Gasteiger partial charge in [0.15, 0.2) is 5.75 Å². The molecular weight excluding hydrogens is 302 g/mol. The normalized spacial score (nSPS) is 15.7. The molecule has 1 aliphatic heterocycles. The molecule has 0 aliphatic carbocycles. The lowest BCUT2D eigenvalue weighted by Gasteiger charge is -2.34. The second kappa shape index (κ2) is 6.87. The number of halogens is 2. The van der Waals surface area contributed by atoms with Crippen LogP contribution in [0.15, 0.2) is 30.6 Å². The summed E-state index contributed by atoms with van der Waals surface area (Å²) < 4.78 is 31.7. The maximum Gasteiger partial charge on any atom is 0.225 e. The lowest BCUT2D eigenvalue weighted by Crippen LogP contribution is -2.46. The summed E-state index contributed by atoms with van der Waals surface area (Å²) in [6.45, 7) is 3.53. The van der Waals surface area contributed by atoms with Crippen LogP contribution in [0.5, 0.6) is 5.75 Å². The van der Waals surface area contributed by atoms with Crippen molar-refractivity contribution < 1.29 is 13.5 Å². The second-order valence-electron chi connectivity index (χ2n) is 5.42. The number of hydrogen-bond acceptors (Lipinski definition) is 5. The van der Waals surface area contributed by atoms with E-state index in [-0.39, 0.29) is 0 Å². The van der Waals surface area contributed by atoms with Crippen LogP contribution in [0, 0.1) is 11.6 Å². The molecular formula is C16H18F2N4O. The van der Waals surface area contributed by atoms with Crippen molar-refractivity contribution in [1.82, 2.24) is 14.9 Å². The van der Waals surface area contributed by atoms with Gasteiger partial charge in [0.05, 0.1) is 19.5 Å². The van der Waals surface area contributed by atoms with Gasteiger partial charge in [0.25, 0.3) is 0 Å². The average molecular weight is 320 g/mol. The Balaban J connectivity index is 1.57. The molecule has 0 amide bonds. The summed E-state index contributed by atoms with van der Waals surface area (Å²) in [4.78, 5) is 12.8. The van der Waals surface area contributed by atoms with E-state index in [1.165, 1.54) is 12.1 Å². The molecule has 23 heavy (non-hydrogen) atoms. The number of nitrogens with zero attached hydrogens (tertiary/aromatic N) is 4. The number of rotatable bonds is 4. The topological polar surface area (TPSA) is 41.5 Å². The third kappa shape index (κ3) is 3.73. The molecule has 5 nitrogen and oxygen atoms in total. The zero-order chi connectivity index (χ0) is 16.2. The Morgan fingerprint density at radius 2 is 1.78 bits per heavy atom. The minimum absolute atomic E-state index is 0.476. The fourth-order valence-corrected chi connectivity index (χ4v) is 2.57. The van der Waals surface area contributed by atoms with E-state index in [1.54, 1.807) is 19.5 Å². The third-order valence-electron chi connectivity index (χ3n) is 3.91. The zero-order valence-electron chi connectivity index (χ0n) is 12.9. The van der Waals surface area contributed by atoms with Crippen molar-refractivity contribution in [3.05, 3.63) is 47.8 Å². The lowest BCUT2D eigenvalue weighted by atomic mass is 10.2. The molecule has 122 valence electrons. The summed E-state index contributed by atoms with van der Waals surface area (Å²) in [5.74, 6) is 0.247. The van der Waals surface area contributed by atoms with E-state index in [0.717, 1.165) is 32.2 Å². The largest absolute Gasteiger partial charge is 0.494 e. The molecule has 0 bridgehead atoms. The van der Waals surface area contributed by atoms with Gasteiger partial charge >= 0.3 is 0 Å². The Bertz CT molecular complexity index is 658. The van der Waals surface area contributed by atoms with E-state index >= 15 is 0 Å². The molecule has 0 unspecified atom stereocenters. The second-order valence-corrected chi connectivity index (χ2v) is 5.42. The van der Waals surface area contributed by atoms with Crippen LogP contribution < -0.4 is 9.64 Å². The minimum atomic E-state index is -0.548. The fraction of sp³-hybridized carbons (Fsp3) is 0.375. The molecule has 0 spiro atoms. The maximum absolute atomic E-state index is 13.7. The predicted molar refractivity (Wildman–Crippen MR) is 82.4 cm³/mol. The maximum atomic E-state index is 13.7. The number of anilines is 1. The van der Waals surface area contributed by atoms with Gasteiger partial charge in [-0.15, -0.1) is 0 Å². The number of benzene rings is 1. The first-order valence-corrected chi connectivity index (χ1v) is 7.43. The van der Waals surface area contributed by atoms with E-state index in [1.807, 2.05) is 0 Å². The zero-order valence-corrected chi connectivity index (χ0v) is 12.9. The quantitative estimate of drug-likeness (QED) is 0.863. The molecule has 3 rings (SSSR count). The van der Waals surface area contributed by atoms with Crippen LogP contribution in [0.3, 0.4) is 0 Å². The van der Waals surface area contributed by atoms with Gasteiger partial charge in [-0.1, -0.05) is 6.07 Å². The van der Waals surface area contributed by atoms with Gasteiger partial charge in [0.1, 0.15) is 11.6 Å². The van der Waals surface area contributed by atoms with Crippen LogP contribution in [-0.4, -0.2) is 48.2 Å². The Morgan fingerprint density at radius 3 is 2.39 bits per heavy atom. The Labute approximate surface area is 133 Å². The van der Waals surface area contributed by atoms with Crippen molar-refractivity contribution >= 4 is 5.95 Å². The van der Waals surface area contributed by atoms with Crippen LogP contribution in [0.2, 0.25) is 0 Å². The molecule has 1 aromatic carbocycles. The van der Waals surface area contributed by atoms with Gasteiger partial charge in [-0.3, -0.25) is 4.90 Å². The molecule has 1 aromatic heterocycles. The number of piperazine rings is 1. The molecule has 2 heterocycles. The van der Waals surface area contributed by atoms with Crippen LogP contribution >= 0.6 is 0 Å². The van der Waals surface area contributed by atoms with Gasteiger partial charge < -0.3 is 9.64 Å². The van der Waals surface area contributed by atoms with Gasteiger partial charge in [-0.25, -0.2) is 18.7 Å². The van der Waals surface area contributed by atoms with Crippen molar-refractivity contribution in [2.24, 2.45) is 0 Å². The first kappa shape index (κ1) is 15.6. The van der Waals surface area contributed by atoms with Crippen molar-refractivity contribution in [2.75, 3.05) is 38.2 Å². The van der Waals surface area contributed by atoms with E-state index in [4.69, 9.17) is 4.74 Å². The Kier molecular flexibility index (Phi) is 4.66. The molecule has 1 fully saturated rings. The number of methoxy groups -OCH3 is 1. The SMILES string of the molecule is COc1cnc(N2CCN(Cc3ccc(F)cc3F)CC2)nc1. The van der Waals surface area contributed by atoms with Crippen LogP contribution in [0.4, 0.5) is 14.7 Å². The number of hydrogen-bond donors (Lipinski definition) is 0.